The van der Waals surface area contributed by atoms with Crippen LogP contribution in [-0.4, -0.2) is 30.4 Å². The van der Waals surface area contributed by atoms with Gasteiger partial charge in [-0.2, -0.15) is 0 Å². The van der Waals surface area contributed by atoms with Gasteiger partial charge < -0.3 is 5.11 Å². The van der Waals surface area contributed by atoms with Crippen molar-refractivity contribution in [2.45, 2.75) is 6.42 Å². The quantitative estimate of drug-likeness (QED) is 0.764. The monoisotopic (exact) mass is 254 g/mol. The van der Waals surface area contributed by atoms with Gasteiger partial charge in [-0.15, -0.1) is 0 Å². The summed E-state index contributed by atoms with van der Waals surface area (Å²) in [4.78, 5) is 23.3. The summed E-state index contributed by atoms with van der Waals surface area (Å²) in [5.74, 6) is -0.192. The lowest BCUT2D eigenvalue weighted by molar-refractivity contribution is -0.136. The minimum absolute atomic E-state index is 0.103. The minimum atomic E-state index is -0.904. The third kappa shape index (κ3) is 2.15. The van der Waals surface area contributed by atoms with Crippen molar-refractivity contribution >= 4 is 11.6 Å². The zero-order valence-corrected chi connectivity index (χ0v) is 9.89. The first-order valence-electron chi connectivity index (χ1n) is 5.69. The van der Waals surface area contributed by atoms with Gasteiger partial charge >= 0.3 is 5.97 Å². The zero-order chi connectivity index (χ0) is 13.2. The van der Waals surface area contributed by atoms with Crippen LogP contribution < -0.4 is 0 Å². The van der Waals surface area contributed by atoms with Crippen molar-refractivity contribution in [3.63, 3.8) is 0 Å². The third-order valence-corrected chi connectivity index (χ3v) is 2.73. The van der Waals surface area contributed by atoms with Crippen LogP contribution in [0.15, 0.2) is 43.0 Å². The van der Waals surface area contributed by atoms with Crippen LogP contribution in [-0.2, 0) is 11.2 Å². The lowest BCUT2D eigenvalue weighted by Gasteiger charge is -2.05. The lowest BCUT2D eigenvalue weighted by Crippen LogP contribution is -2.03. The summed E-state index contributed by atoms with van der Waals surface area (Å²) in [5.41, 5.74) is 2.11. The number of aliphatic carboxylic acids is 1. The van der Waals surface area contributed by atoms with Crippen LogP contribution in [0.2, 0.25) is 0 Å². The van der Waals surface area contributed by atoms with E-state index >= 15 is 0 Å². The van der Waals surface area contributed by atoms with Gasteiger partial charge in [-0.3, -0.25) is 14.2 Å². The summed E-state index contributed by atoms with van der Waals surface area (Å²) in [5, 5.41) is 8.80. The summed E-state index contributed by atoms with van der Waals surface area (Å²) >= 11 is 0. The molecule has 0 bridgehead atoms. The average Bonchev–Trinajstić information content (AvgIpc) is 2.86. The summed E-state index contributed by atoms with van der Waals surface area (Å²) < 4.78 is 1.85. The Bertz CT molecular complexity index is 751. The molecule has 6 nitrogen and oxygen atoms in total. The van der Waals surface area contributed by atoms with Crippen LogP contribution in [0, 0.1) is 0 Å². The molecule has 0 radical (unpaired) electrons. The Morgan fingerprint density at radius 1 is 1.16 bits per heavy atom. The normalized spacial score (nSPS) is 10.7. The third-order valence-electron chi connectivity index (χ3n) is 2.73. The second kappa shape index (κ2) is 4.49. The Morgan fingerprint density at radius 3 is 2.84 bits per heavy atom. The highest BCUT2D eigenvalue weighted by Gasteiger charge is 2.08. The van der Waals surface area contributed by atoms with E-state index in [1.807, 2.05) is 16.7 Å². The molecule has 0 amide bonds. The van der Waals surface area contributed by atoms with E-state index in [0.29, 0.717) is 11.5 Å². The maximum atomic E-state index is 10.7. The molecular formula is C13H10N4O2. The molecule has 0 aromatic carbocycles. The van der Waals surface area contributed by atoms with Gasteiger partial charge in [0.25, 0.3) is 0 Å². The molecule has 0 aliphatic carbocycles. The number of hydrogen-bond donors (Lipinski definition) is 1. The number of nitrogens with zero attached hydrogens (tertiary/aromatic N) is 4. The number of rotatable bonds is 3. The molecule has 3 aromatic heterocycles. The molecule has 3 aromatic rings. The molecule has 1 N–H and O–H groups in total. The Kier molecular flexibility index (Phi) is 2.68. The van der Waals surface area contributed by atoms with Crippen LogP contribution in [0.4, 0.5) is 0 Å². The van der Waals surface area contributed by atoms with Gasteiger partial charge in [0.1, 0.15) is 11.5 Å². The van der Waals surface area contributed by atoms with Crippen LogP contribution >= 0.6 is 0 Å². The summed E-state index contributed by atoms with van der Waals surface area (Å²) in [6, 6.07) is 5.34. The van der Waals surface area contributed by atoms with Gasteiger partial charge in [-0.05, 0) is 18.2 Å². The van der Waals surface area contributed by atoms with E-state index in [1.54, 1.807) is 30.7 Å². The van der Waals surface area contributed by atoms with Crippen molar-refractivity contribution < 1.29 is 9.90 Å². The number of hydrogen-bond acceptors (Lipinski definition) is 4. The predicted molar refractivity (Wildman–Crippen MR) is 67.6 cm³/mol. The van der Waals surface area contributed by atoms with E-state index in [-0.39, 0.29) is 6.42 Å². The van der Waals surface area contributed by atoms with Crippen molar-refractivity contribution in [3.8, 4) is 11.4 Å². The molecule has 0 spiro atoms. The SMILES string of the molecule is O=C(O)Cc1cc(-c2nccc3nccn23)ccn1. The molecule has 19 heavy (non-hydrogen) atoms. The lowest BCUT2D eigenvalue weighted by atomic mass is 10.2. The van der Waals surface area contributed by atoms with Crippen molar-refractivity contribution in [1.82, 2.24) is 19.4 Å². The largest absolute Gasteiger partial charge is 0.481 e. The van der Waals surface area contributed by atoms with E-state index in [4.69, 9.17) is 5.11 Å². The molecule has 0 saturated carbocycles. The van der Waals surface area contributed by atoms with Crippen molar-refractivity contribution in [1.29, 1.82) is 0 Å². The molecule has 0 saturated heterocycles. The highest BCUT2D eigenvalue weighted by atomic mass is 16.4. The van der Waals surface area contributed by atoms with Crippen molar-refractivity contribution in [2.24, 2.45) is 0 Å². The second-order valence-corrected chi connectivity index (χ2v) is 4.03. The van der Waals surface area contributed by atoms with Gasteiger partial charge in [-0.25, -0.2) is 9.97 Å². The molecule has 0 unspecified atom stereocenters. The van der Waals surface area contributed by atoms with E-state index in [2.05, 4.69) is 15.0 Å². The summed E-state index contributed by atoms with van der Waals surface area (Å²) in [6.07, 6.45) is 6.67. The zero-order valence-electron chi connectivity index (χ0n) is 9.89. The molecule has 3 rings (SSSR count). The number of carboxylic acids is 1. The molecular weight excluding hydrogens is 244 g/mol. The maximum absolute atomic E-state index is 10.7. The number of fused-ring (bicyclic) bond motifs is 1. The van der Waals surface area contributed by atoms with Crippen molar-refractivity contribution in [3.05, 3.63) is 48.7 Å². The number of imidazole rings is 1. The van der Waals surface area contributed by atoms with Gasteiger partial charge in [0, 0.05) is 30.4 Å². The van der Waals surface area contributed by atoms with Gasteiger partial charge in [0.05, 0.1) is 12.1 Å². The van der Waals surface area contributed by atoms with E-state index in [0.717, 1.165) is 11.2 Å². The fraction of sp³-hybridized carbons (Fsp3) is 0.0769. The van der Waals surface area contributed by atoms with Crippen LogP contribution in [0.5, 0.6) is 0 Å². The van der Waals surface area contributed by atoms with E-state index in [9.17, 15) is 4.79 Å². The highest BCUT2D eigenvalue weighted by molar-refractivity contribution is 5.70. The summed E-state index contributed by atoms with van der Waals surface area (Å²) in [6.45, 7) is 0. The molecule has 3 heterocycles. The minimum Gasteiger partial charge on any atom is -0.481 e. The molecule has 0 aliphatic rings. The maximum Gasteiger partial charge on any atom is 0.309 e. The standard InChI is InChI=1S/C13H10N4O2/c18-12(19)8-10-7-9(1-3-14-10)13-16-4-2-11-15-5-6-17(11)13/h1-7H,8H2,(H,18,19). The fourth-order valence-electron chi connectivity index (χ4n) is 1.94. The second-order valence-electron chi connectivity index (χ2n) is 4.03. The first-order chi connectivity index (χ1) is 9.24. The van der Waals surface area contributed by atoms with Gasteiger partial charge in [-0.1, -0.05) is 0 Å². The molecule has 0 fully saturated rings. The number of carbonyl (C=O) groups is 1. The Labute approximate surface area is 108 Å². The topological polar surface area (TPSA) is 80.4 Å². The molecule has 94 valence electrons. The smallest absolute Gasteiger partial charge is 0.309 e. The summed E-state index contributed by atoms with van der Waals surface area (Å²) in [7, 11) is 0. The van der Waals surface area contributed by atoms with Crippen LogP contribution in [0.3, 0.4) is 0 Å². The fourth-order valence-corrected chi connectivity index (χ4v) is 1.94. The van der Waals surface area contributed by atoms with Gasteiger partial charge in [0.15, 0.2) is 0 Å². The van der Waals surface area contributed by atoms with Crippen molar-refractivity contribution in [2.75, 3.05) is 0 Å². The predicted octanol–water partition coefficient (Wildman–Crippen LogP) is 1.42. The molecule has 6 heteroatoms. The van der Waals surface area contributed by atoms with Gasteiger partial charge in [0.2, 0.25) is 0 Å². The Morgan fingerprint density at radius 2 is 2.00 bits per heavy atom. The number of aromatic nitrogens is 4. The number of pyridine rings is 1. The molecule has 0 aliphatic heterocycles. The van der Waals surface area contributed by atoms with Crippen LogP contribution in [0.1, 0.15) is 5.69 Å². The molecule has 0 atom stereocenters. The highest BCUT2D eigenvalue weighted by Crippen LogP contribution is 2.18. The average molecular weight is 254 g/mol. The number of carboxylic acid groups (broad SMARTS) is 1. The van der Waals surface area contributed by atoms with Crippen LogP contribution in [0.25, 0.3) is 17.0 Å². The Balaban J connectivity index is 2.11. The Hall–Kier alpha value is -2.76. The van der Waals surface area contributed by atoms with E-state index < -0.39 is 5.97 Å². The first-order valence-corrected chi connectivity index (χ1v) is 5.69. The first kappa shape index (κ1) is 11.3. The van der Waals surface area contributed by atoms with E-state index in [1.165, 1.54) is 0 Å².